The number of fused-ring (bicyclic) bond motifs is 1. The first-order chi connectivity index (χ1) is 14.0. The molecule has 4 aromatic rings. The highest BCUT2D eigenvalue weighted by Crippen LogP contribution is 2.28. The van der Waals surface area contributed by atoms with E-state index in [0.29, 0.717) is 21.7 Å². The van der Waals surface area contributed by atoms with E-state index in [1.165, 1.54) is 17.5 Å². The van der Waals surface area contributed by atoms with Gasteiger partial charge < -0.3 is 15.4 Å². The van der Waals surface area contributed by atoms with Crippen molar-refractivity contribution >= 4 is 34.4 Å². The lowest BCUT2D eigenvalue weighted by Gasteiger charge is -2.13. The number of aromatic amines is 1. The van der Waals surface area contributed by atoms with Crippen molar-refractivity contribution in [3.63, 3.8) is 0 Å². The Balaban J connectivity index is 1.50. The summed E-state index contributed by atoms with van der Waals surface area (Å²) in [4.78, 5) is 36.7. The Morgan fingerprint density at radius 1 is 1.21 bits per heavy atom. The van der Waals surface area contributed by atoms with Gasteiger partial charge >= 0.3 is 5.97 Å². The van der Waals surface area contributed by atoms with Gasteiger partial charge in [-0.2, -0.15) is 0 Å². The van der Waals surface area contributed by atoms with Gasteiger partial charge in [0.15, 0.2) is 5.65 Å². The monoisotopic (exact) mass is 406 g/mol. The van der Waals surface area contributed by atoms with Crippen LogP contribution in [0.2, 0.25) is 0 Å². The van der Waals surface area contributed by atoms with Crippen molar-refractivity contribution < 1.29 is 14.7 Å². The number of H-pyrrole nitrogens is 1. The molecule has 4 rings (SSSR count). The SMILES string of the molecule is C[C@H](Cc1ccccc1)NC(=O)c1ccc(-c2cnc3[nH]cc(C(=O)O)c3n2)s1. The zero-order chi connectivity index (χ0) is 20.4. The number of carbonyl (C=O) groups is 2. The van der Waals surface area contributed by atoms with E-state index in [2.05, 4.69) is 20.3 Å². The molecule has 8 heteroatoms. The highest BCUT2D eigenvalue weighted by atomic mass is 32.1. The number of carboxylic acids is 1. The molecule has 3 heterocycles. The van der Waals surface area contributed by atoms with Gasteiger partial charge in [-0.25, -0.2) is 14.8 Å². The van der Waals surface area contributed by atoms with Crippen LogP contribution >= 0.6 is 11.3 Å². The number of thiophene rings is 1. The molecule has 0 aliphatic carbocycles. The highest BCUT2D eigenvalue weighted by molar-refractivity contribution is 7.17. The summed E-state index contributed by atoms with van der Waals surface area (Å²) in [7, 11) is 0. The average Bonchev–Trinajstić information content (AvgIpc) is 3.35. The Bertz CT molecular complexity index is 1180. The molecule has 1 amide bonds. The fourth-order valence-electron chi connectivity index (χ4n) is 3.08. The molecule has 29 heavy (non-hydrogen) atoms. The van der Waals surface area contributed by atoms with Gasteiger partial charge in [0.2, 0.25) is 0 Å². The van der Waals surface area contributed by atoms with Crippen molar-refractivity contribution in [3.8, 4) is 10.6 Å². The van der Waals surface area contributed by atoms with Gasteiger partial charge in [0.1, 0.15) is 11.1 Å². The molecule has 0 aliphatic rings. The van der Waals surface area contributed by atoms with Crippen molar-refractivity contribution in [2.24, 2.45) is 0 Å². The van der Waals surface area contributed by atoms with Crippen molar-refractivity contribution in [2.45, 2.75) is 19.4 Å². The van der Waals surface area contributed by atoms with Crippen molar-refractivity contribution in [1.82, 2.24) is 20.3 Å². The molecule has 0 bridgehead atoms. The van der Waals surface area contributed by atoms with Crippen molar-refractivity contribution in [3.05, 3.63) is 70.9 Å². The number of rotatable bonds is 6. The van der Waals surface area contributed by atoms with Crippen LogP contribution in [0.4, 0.5) is 0 Å². The minimum absolute atomic E-state index is 0.00966. The number of aromatic nitrogens is 3. The molecule has 0 fully saturated rings. The van der Waals surface area contributed by atoms with E-state index in [9.17, 15) is 14.7 Å². The fourth-order valence-corrected chi connectivity index (χ4v) is 3.95. The van der Waals surface area contributed by atoms with Crippen LogP contribution in [0, 0.1) is 0 Å². The molecule has 3 aromatic heterocycles. The van der Waals surface area contributed by atoms with E-state index in [0.717, 1.165) is 16.9 Å². The third-order valence-corrected chi connectivity index (χ3v) is 5.56. The molecule has 0 spiro atoms. The molecule has 7 nitrogen and oxygen atoms in total. The van der Waals surface area contributed by atoms with Gasteiger partial charge in [-0.15, -0.1) is 11.3 Å². The Morgan fingerprint density at radius 2 is 2.00 bits per heavy atom. The Hall–Kier alpha value is -3.52. The maximum atomic E-state index is 12.6. The van der Waals surface area contributed by atoms with Crippen LogP contribution in [0.3, 0.4) is 0 Å². The number of nitrogens with one attached hydrogen (secondary N) is 2. The quantitative estimate of drug-likeness (QED) is 0.452. The summed E-state index contributed by atoms with van der Waals surface area (Å²) in [6, 6.07) is 13.5. The van der Waals surface area contributed by atoms with Crippen LogP contribution in [0.1, 0.15) is 32.5 Å². The molecule has 146 valence electrons. The summed E-state index contributed by atoms with van der Waals surface area (Å²) in [6.07, 6.45) is 3.69. The van der Waals surface area contributed by atoms with Gasteiger partial charge in [0, 0.05) is 12.2 Å². The summed E-state index contributed by atoms with van der Waals surface area (Å²) in [5.41, 5.74) is 2.47. The number of hydrogen-bond donors (Lipinski definition) is 3. The highest BCUT2D eigenvalue weighted by Gasteiger charge is 2.17. The Kier molecular flexibility index (Phi) is 5.09. The number of aromatic carboxylic acids is 1. The van der Waals surface area contributed by atoms with Crippen LogP contribution in [0.25, 0.3) is 21.7 Å². The van der Waals surface area contributed by atoms with E-state index in [1.54, 1.807) is 18.3 Å². The second kappa shape index (κ2) is 7.84. The zero-order valence-corrected chi connectivity index (χ0v) is 16.4. The molecular formula is C21H18N4O3S. The minimum atomic E-state index is -1.07. The number of benzene rings is 1. The van der Waals surface area contributed by atoms with Gasteiger partial charge in [-0.1, -0.05) is 30.3 Å². The van der Waals surface area contributed by atoms with E-state index in [4.69, 9.17) is 0 Å². The molecule has 0 radical (unpaired) electrons. The lowest BCUT2D eigenvalue weighted by molar-refractivity contribution is 0.0698. The third kappa shape index (κ3) is 4.02. The number of carboxylic acid groups (broad SMARTS) is 1. The summed E-state index contributed by atoms with van der Waals surface area (Å²) < 4.78 is 0. The predicted octanol–water partition coefficient (Wildman–Crippen LogP) is 3.75. The molecule has 0 saturated heterocycles. The first-order valence-electron chi connectivity index (χ1n) is 9.03. The Labute approximate surface area is 170 Å². The maximum Gasteiger partial charge on any atom is 0.339 e. The van der Waals surface area contributed by atoms with Gasteiger partial charge in [-0.05, 0) is 31.0 Å². The van der Waals surface area contributed by atoms with Gasteiger partial charge in [0.25, 0.3) is 5.91 Å². The van der Waals surface area contributed by atoms with Gasteiger partial charge in [-0.3, -0.25) is 4.79 Å². The standard InChI is InChI=1S/C21H18N4O3S/c1-12(9-13-5-3-2-4-6-13)24-20(26)17-8-7-16(29-17)15-11-23-19-18(25-15)14(10-22-19)21(27)28/h2-8,10-12H,9H2,1H3,(H,22,23)(H,24,26)(H,27,28)/t12-/m1/s1. The normalized spacial score (nSPS) is 12.0. The summed E-state index contributed by atoms with van der Waals surface area (Å²) in [5.74, 6) is -1.21. The summed E-state index contributed by atoms with van der Waals surface area (Å²) >= 11 is 1.30. The van der Waals surface area contributed by atoms with Crippen LogP contribution < -0.4 is 5.32 Å². The second-order valence-electron chi connectivity index (χ2n) is 6.69. The lowest BCUT2D eigenvalue weighted by atomic mass is 10.1. The fraction of sp³-hybridized carbons (Fsp3) is 0.143. The minimum Gasteiger partial charge on any atom is -0.478 e. The number of hydrogen-bond acceptors (Lipinski definition) is 5. The number of nitrogens with zero attached hydrogens (tertiary/aromatic N) is 2. The van der Waals surface area contributed by atoms with Crippen LogP contribution in [0.15, 0.2) is 54.9 Å². The van der Waals surface area contributed by atoms with Gasteiger partial charge in [0.05, 0.1) is 21.6 Å². The number of carbonyl (C=O) groups excluding carboxylic acids is 1. The van der Waals surface area contributed by atoms with E-state index < -0.39 is 5.97 Å². The summed E-state index contributed by atoms with van der Waals surface area (Å²) in [6.45, 7) is 1.97. The topological polar surface area (TPSA) is 108 Å². The first-order valence-corrected chi connectivity index (χ1v) is 9.85. The predicted molar refractivity (Wildman–Crippen MR) is 111 cm³/mol. The molecular weight excluding hydrogens is 388 g/mol. The van der Waals surface area contributed by atoms with Crippen LogP contribution in [0.5, 0.6) is 0 Å². The van der Waals surface area contributed by atoms with E-state index >= 15 is 0 Å². The number of amides is 1. The van der Waals surface area contributed by atoms with Crippen molar-refractivity contribution in [2.75, 3.05) is 0 Å². The first kappa shape index (κ1) is 18.8. The maximum absolute atomic E-state index is 12.6. The molecule has 0 saturated carbocycles. The van der Waals surface area contributed by atoms with E-state index in [1.807, 2.05) is 37.3 Å². The lowest BCUT2D eigenvalue weighted by Crippen LogP contribution is -2.33. The molecule has 1 atom stereocenters. The van der Waals surface area contributed by atoms with Crippen molar-refractivity contribution in [1.29, 1.82) is 0 Å². The largest absolute Gasteiger partial charge is 0.478 e. The summed E-state index contributed by atoms with van der Waals surface area (Å²) in [5, 5.41) is 12.3. The molecule has 0 aliphatic heterocycles. The Morgan fingerprint density at radius 3 is 2.76 bits per heavy atom. The zero-order valence-electron chi connectivity index (χ0n) is 15.5. The van der Waals surface area contributed by atoms with E-state index in [-0.39, 0.29) is 17.5 Å². The molecule has 3 N–H and O–H groups in total. The molecule has 0 unspecified atom stereocenters. The molecule has 1 aromatic carbocycles. The van der Waals surface area contributed by atoms with Crippen LogP contribution in [-0.4, -0.2) is 38.0 Å². The van der Waals surface area contributed by atoms with Crippen LogP contribution in [-0.2, 0) is 6.42 Å². The smallest absolute Gasteiger partial charge is 0.339 e. The third-order valence-electron chi connectivity index (χ3n) is 4.46. The second-order valence-corrected chi connectivity index (χ2v) is 7.77. The average molecular weight is 406 g/mol.